The molecule has 0 aliphatic heterocycles. The number of Topliss-reactive ketones (excluding diaryl/α,β-unsaturated/α-hetero) is 1. The number of halogens is 2. The number of carbonyl (C=O) groups excluding carboxylic acids is 3. The highest BCUT2D eigenvalue weighted by molar-refractivity contribution is 6.36. The van der Waals surface area contributed by atoms with Crippen LogP contribution in [0.4, 0.5) is 5.82 Å². The number of aryl methyl sites for hydroxylation is 1. The van der Waals surface area contributed by atoms with E-state index in [1.54, 1.807) is 12.1 Å². The Bertz CT molecular complexity index is 822. The zero-order valence-electron chi connectivity index (χ0n) is 13.9. The second-order valence-electron chi connectivity index (χ2n) is 5.48. The van der Waals surface area contributed by atoms with E-state index in [9.17, 15) is 14.4 Å². The van der Waals surface area contributed by atoms with Crippen molar-refractivity contribution in [2.45, 2.75) is 19.8 Å². The molecule has 1 N–H and O–H groups in total. The number of benzene rings is 1. The number of hydrogen-bond donors (Lipinski definition) is 1. The second-order valence-corrected chi connectivity index (χ2v) is 6.33. The van der Waals surface area contributed by atoms with Crippen molar-refractivity contribution in [1.29, 1.82) is 0 Å². The average molecular weight is 395 g/mol. The molecular weight excluding hydrogens is 379 g/mol. The molecule has 6 nitrogen and oxygen atoms in total. The highest BCUT2D eigenvalue weighted by Gasteiger charge is 2.13. The van der Waals surface area contributed by atoms with Crippen molar-refractivity contribution in [1.82, 2.24) is 4.98 Å². The van der Waals surface area contributed by atoms with Crippen LogP contribution in [0.15, 0.2) is 36.5 Å². The van der Waals surface area contributed by atoms with E-state index in [2.05, 4.69) is 10.3 Å². The summed E-state index contributed by atoms with van der Waals surface area (Å²) in [5.74, 6) is -1.29. The van der Waals surface area contributed by atoms with E-state index in [0.717, 1.165) is 5.56 Å². The first kappa shape index (κ1) is 19.9. The van der Waals surface area contributed by atoms with Crippen molar-refractivity contribution in [3.05, 3.63) is 57.7 Å². The molecule has 26 heavy (non-hydrogen) atoms. The first-order chi connectivity index (χ1) is 12.3. The number of anilines is 1. The van der Waals surface area contributed by atoms with Gasteiger partial charge < -0.3 is 10.1 Å². The second kappa shape index (κ2) is 9.31. The lowest BCUT2D eigenvalue weighted by Crippen LogP contribution is -2.21. The van der Waals surface area contributed by atoms with Crippen molar-refractivity contribution >= 4 is 46.7 Å². The summed E-state index contributed by atoms with van der Waals surface area (Å²) in [4.78, 5) is 39.3. The number of hydrogen-bond acceptors (Lipinski definition) is 5. The van der Waals surface area contributed by atoms with E-state index >= 15 is 0 Å². The van der Waals surface area contributed by atoms with Gasteiger partial charge in [0.15, 0.2) is 18.2 Å². The number of nitrogens with zero attached hydrogens (tertiary/aromatic N) is 1. The Labute approximate surface area is 160 Å². The van der Waals surface area contributed by atoms with Gasteiger partial charge in [-0.3, -0.25) is 14.4 Å². The molecule has 0 atom stereocenters. The molecule has 0 fully saturated rings. The molecule has 0 aliphatic carbocycles. The zero-order chi connectivity index (χ0) is 19.1. The van der Waals surface area contributed by atoms with Gasteiger partial charge in [-0.15, -0.1) is 0 Å². The van der Waals surface area contributed by atoms with Crippen LogP contribution in [0.25, 0.3) is 0 Å². The average Bonchev–Trinajstić information content (AvgIpc) is 2.61. The monoisotopic (exact) mass is 394 g/mol. The van der Waals surface area contributed by atoms with Gasteiger partial charge in [0, 0.05) is 18.2 Å². The minimum atomic E-state index is -0.643. The number of ether oxygens (including phenoxy) is 1. The minimum Gasteiger partial charge on any atom is -0.456 e. The van der Waals surface area contributed by atoms with E-state index in [-0.39, 0.29) is 29.5 Å². The molecule has 0 bridgehead atoms. The normalized spacial score (nSPS) is 10.3. The fourth-order valence-corrected chi connectivity index (χ4v) is 2.42. The largest absolute Gasteiger partial charge is 0.456 e. The van der Waals surface area contributed by atoms with Gasteiger partial charge >= 0.3 is 5.97 Å². The molecule has 1 heterocycles. The van der Waals surface area contributed by atoms with Crippen molar-refractivity contribution in [2.75, 3.05) is 11.9 Å². The van der Waals surface area contributed by atoms with Crippen LogP contribution in [0.5, 0.6) is 0 Å². The molecule has 2 rings (SSSR count). The molecule has 8 heteroatoms. The predicted octanol–water partition coefficient (Wildman–Crippen LogP) is 3.84. The van der Waals surface area contributed by atoms with Crippen molar-refractivity contribution in [2.24, 2.45) is 0 Å². The number of nitrogens with one attached hydrogen (secondary N) is 1. The quantitative estimate of drug-likeness (QED) is 0.569. The highest BCUT2D eigenvalue weighted by Crippen LogP contribution is 2.22. The predicted molar refractivity (Wildman–Crippen MR) is 98.6 cm³/mol. The Hall–Kier alpha value is -2.44. The molecule has 1 aromatic carbocycles. The van der Waals surface area contributed by atoms with Crippen molar-refractivity contribution in [3.8, 4) is 0 Å². The van der Waals surface area contributed by atoms with Crippen molar-refractivity contribution in [3.63, 3.8) is 0 Å². The van der Waals surface area contributed by atoms with Crippen LogP contribution in [0.1, 0.15) is 28.8 Å². The molecule has 0 saturated carbocycles. The molecule has 136 valence electrons. The SMILES string of the molecule is Cc1ccc(C(=O)CCC(=O)OCC(=O)Nc2ncc(Cl)cc2Cl)cc1. The Morgan fingerprint density at radius 2 is 1.81 bits per heavy atom. The third-order valence-electron chi connectivity index (χ3n) is 3.36. The van der Waals surface area contributed by atoms with E-state index in [1.165, 1.54) is 12.3 Å². The molecule has 1 amide bonds. The minimum absolute atomic E-state index is 0.00802. The fraction of sp³-hybridized carbons (Fsp3) is 0.222. The Balaban J connectivity index is 1.74. The third-order valence-corrected chi connectivity index (χ3v) is 3.85. The first-order valence-electron chi connectivity index (χ1n) is 7.71. The third kappa shape index (κ3) is 6.13. The fourth-order valence-electron chi connectivity index (χ4n) is 1.99. The van der Waals surface area contributed by atoms with Gasteiger partial charge in [-0.05, 0) is 13.0 Å². The van der Waals surface area contributed by atoms with Gasteiger partial charge in [-0.2, -0.15) is 0 Å². The smallest absolute Gasteiger partial charge is 0.306 e. The number of esters is 1. The van der Waals surface area contributed by atoms with Gasteiger partial charge in [0.05, 0.1) is 16.5 Å². The Kier molecular flexibility index (Phi) is 7.12. The molecule has 2 aromatic rings. The van der Waals surface area contributed by atoms with E-state index in [1.807, 2.05) is 19.1 Å². The molecule has 0 radical (unpaired) electrons. The van der Waals surface area contributed by atoms with Gasteiger partial charge in [0.25, 0.3) is 5.91 Å². The Morgan fingerprint density at radius 1 is 1.12 bits per heavy atom. The summed E-state index contributed by atoms with van der Waals surface area (Å²) < 4.78 is 4.84. The van der Waals surface area contributed by atoms with E-state index in [4.69, 9.17) is 27.9 Å². The number of ketones is 1. The van der Waals surface area contributed by atoms with Gasteiger partial charge in [0.2, 0.25) is 0 Å². The summed E-state index contributed by atoms with van der Waals surface area (Å²) in [6.07, 6.45) is 1.22. The molecular formula is C18H16Cl2N2O4. The summed E-state index contributed by atoms with van der Waals surface area (Å²) in [5, 5.41) is 2.90. The topological polar surface area (TPSA) is 85.4 Å². The van der Waals surface area contributed by atoms with E-state index < -0.39 is 18.5 Å². The van der Waals surface area contributed by atoms with Crippen LogP contribution >= 0.6 is 23.2 Å². The highest BCUT2D eigenvalue weighted by atomic mass is 35.5. The van der Waals surface area contributed by atoms with Crippen LogP contribution < -0.4 is 5.32 Å². The molecule has 0 aliphatic rings. The van der Waals surface area contributed by atoms with Gasteiger partial charge in [-0.25, -0.2) is 4.98 Å². The summed E-state index contributed by atoms with van der Waals surface area (Å²) in [5.41, 5.74) is 1.58. The maximum Gasteiger partial charge on any atom is 0.306 e. The lowest BCUT2D eigenvalue weighted by molar-refractivity contribution is -0.147. The van der Waals surface area contributed by atoms with Crippen LogP contribution in [-0.4, -0.2) is 29.3 Å². The molecule has 0 saturated heterocycles. The zero-order valence-corrected chi connectivity index (χ0v) is 15.4. The molecule has 0 spiro atoms. The lowest BCUT2D eigenvalue weighted by Gasteiger charge is -2.07. The maximum atomic E-state index is 12.0. The summed E-state index contributed by atoms with van der Waals surface area (Å²) in [7, 11) is 0. The number of pyridine rings is 1. The summed E-state index contributed by atoms with van der Waals surface area (Å²) in [6.45, 7) is 1.42. The van der Waals surface area contributed by atoms with Crippen LogP contribution in [0.3, 0.4) is 0 Å². The van der Waals surface area contributed by atoms with Gasteiger partial charge in [0.1, 0.15) is 0 Å². The molecule has 1 aromatic heterocycles. The van der Waals surface area contributed by atoms with Crippen LogP contribution in [0, 0.1) is 6.92 Å². The number of amides is 1. The number of rotatable bonds is 7. The van der Waals surface area contributed by atoms with Crippen LogP contribution in [0.2, 0.25) is 10.0 Å². The number of aromatic nitrogens is 1. The van der Waals surface area contributed by atoms with Gasteiger partial charge in [-0.1, -0.05) is 53.0 Å². The lowest BCUT2D eigenvalue weighted by atomic mass is 10.1. The Morgan fingerprint density at radius 3 is 2.46 bits per heavy atom. The first-order valence-corrected chi connectivity index (χ1v) is 8.47. The number of carbonyl (C=O) groups is 3. The molecule has 0 unspecified atom stereocenters. The summed E-state index contributed by atoms with van der Waals surface area (Å²) >= 11 is 11.6. The standard InChI is InChI=1S/C18H16Cl2N2O4/c1-11-2-4-12(5-3-11)15(23)6-7-17(25)26-10-16(24)22-18-14(20)8-13(19)9-21-18/h2-5,8-9H,6-7,10H2,1H3,(H,21,22,24). The van der Waals surface area contributed by atoms with E-state index in [0.29, 0.717) is 10.6 Å². The van der Waals surface area contributed by atoms with Crippen molar-refractivity contribution < 1.29 is 19.1 Å². The van der Waals surface area contributed by atoms with Crippen LogP contribution in [-0.2, 0) is 14.3 Å². The summed E-state index contributed by atoms with van der Waals surface area (Å²) in [6, 6.07) is 8.49. The maximum absolute atomic E-state index is 12.0.